The summed E-state index contributed by atoms with van der Waals surface area (Å²) in [4.78, 5) is 20.8. The average Bonchev–Trinajstić information content (AvgIpc) is 3.42. The summed E-state index contributed by atoms with van der Waals surface area (Å²) in [5, 5.41) is 2.84. The molecule has 1 aliphatic carbocycles. The van der Waals surface area contributed by atoms with Crippen LogP contribution in [0.1, 0.15) is 31.7 Å². The van der Waals surface area contributed by atoms with Crippen molar-refractivity contribution in [3.05, 3.63) is 30.6 Å². The molecule has 3 aromatic rings. The van der Waals surface area contributed by atoms with E-state index in [-0.39, 0.29) is 23.3 Å². The predicted molar refractivity (Wildman–Crippen MR) is 116 cm³/mol. The highest BCUT2D eigenvalue weighted by atomic mass is 19.3. The lowest BCUT2D eigenvalue weighted by Gasteiger charge is -2.14. The van der Waals surface area contributed by atoms with E-state index in [1.54, 1.807) is 18.5 Å². The number of pyridine rings is 1. The maximum absolute atomic E-state index is 12.7. The van der Waals surface area contributed by atoms with Crippen LogP contribution in [0.5, 0.6) is 17.4 Å². The van der Waals surface area contributed by atoms with Gasteiger partial charge in [0.05, 0.1) is 31.3 Å². The van der Waals surface area contributed by atoms with Gasteiger partial charge in [0.25, 0.3) is 0 Å². The summed E-state index contributed by atoms with van der Waals surface area (Å²) < 4.78 is 43.3. The van der Waals surface area contributed by atoms with E-state index in [0.717, 1.165) is 30.3 Å². The Morgan fingerprint density at radius 3 is 2.79 bits per heavy atom. The molecule has 1 amide bonds. The molecule has 0 unspecified atom stereocenters. The lowest BCUT2D eigenvalue weighted by molar-refractivity contribution is -0.119. The van der Waals surface area contributed by atoms with Crippen LogP contribution in [0.2, 0.25) is 0 Å². The first-order valence-electron chi connectivity index (χ1n) is 10.9. The summed E-state index contributed by atoms with van der Waals surface area (Å²) in [5.74, 6) is 0.917. The number of hydrogen-bond acceptors (Lipinski definition) is 6. The molecule has 2 fully saturated rings. The van der Waals surface area contributed by atoms with Crippen LogP contribution in [0, 0.1) is 5.92 Å². The number of hydrogen-bond donors (Lipinski definition) is 1. The van der Waals surface area contributed by atoms with E-state index in [9.17, 15) is 13.6 Å². The number of rotatable bonds is 9. The minimum absolute atomic E-state index is 0.0495. The van der Waals surface area contributed by atoms with Gasteiger partial charge in [0.1, 0.15) is 5.52 Å². The van der Waals surface area contributed by atoms with Gasteiger partial charge in [-0.25, -0.2) is 9.97 Å². The van der Waals surface area contributed by atoms with Crippen molar-refractivity contribution in [1.82, 2.24) is 19.9 Å². The van der Waals surface area contributed by atoms with Gasteiger partial charge in [0.15, 0.2) is 11.5 Å². The van der Waals surface area contributed by atoms with Gasteiger partial charge in [-0.2, -0.15) is 8.78 Å². The fourth-order valence-electron chi connectivity index (χ4n) is 4.11. The molecule has 1 saturated heterocycles. The van der Waals surface area contributed by atoms with Crippen LogP contribution >= 0.6 is 0 Å². The van der Waals surface area contributed by atoms with Crippen LogP contribution in [0.4, 0.5) is 8.78 Å². The van der Waals surface area contributed by atoms with Gasteiger partial charge in [0.2, 0.25) is 11.8 Å². The van der Waals surface area contributed by atoms with Gasteiger partial charge in [-0.15, -0.1) is 0 Å². The summed E-state index contributed by atoms with van der Waals surface area (Å²) >= 11 is 0. The Balaban J connectivity index is 1.46. The van der Waals surface area contributed by atoms with Crippen LogP contribution < -0.4 is 19.5 Å². The predicted octanol–water partition coefficient (Wildman–Crippen LogP) is 3.95. The lowest BCUT2D eigenvalue weighted by Crippen LogP contribution is -2.14. The van der Waals surface area contributed by atoms with Crippen molar-refractivity contribution in [1.29, 1.82) is 0 Å². The monoisotopic (exact) mass is 458 g/mol. The smallest absolute Gasteiger partial charge is 0.387 e. The summed E-state index contributed by atoms with van der Waals surface area (Å²) in [6.07, 6.45) is 5.23. The highest BCUT2D eigenvalue weighted by Gasteiger charge is 2.28. The molecule has 10 heteroatoms. The second kappa shape index (κ2) is 8.84. The Labute approximate surface area is 188 Å². The molecule has 33 heavy (non-hydrogen) atoms. The van der Waals surface area contributed by atoms with Gasteiger partial charge in [0, 0.05) is 24.6 Å². The summed E-state index contributed by atoms with van der Waals surface area (Å²) in [5.41, 5.74) is 2.82. The molecule has 1 saturated carbocycles. The molecule has 0 spiro atoms. The Morgan fingerprint density at radius 2 is 2.09 bits per heavy atom. The molecule has 8 nitrogen and oxygen atoms in total. The van der Waals surface area contributed by atoms with E-state index < -0.39 is 6.61 Å². The fraction of sp³-hybridized carbons (Fsp3) is 0.435. The maximum atomic E-state index is 12.7. The third kappa shape index (κ3) is 4.55. The fourth-order valence-corrected chi connectivity index (χ4v) is 4.11. The van der Waals surface area contributed by atoms with E-state index >= 15 is 0 Å². The molecule has 3 heterocycles. The quantitative estimate of drug-likeness (QED) is 0.523. The number of carbonyl (C=O) groups excluding carboxylic acids is 1. The Morgan fingerprint density at radius 1 is 1.24 bits per heavy atom. The zero-order chi connectivity index (χ0) is 22.9. The Hall–Kier alpha value is -3.43. The number of fused-ring (bicyclic) bond motifs is 1. The first-order chi connectivity index (χ1) is 16.0. The third-order valence-electron chi connectivity index (χ3n) is 5.96. The number of ether oxygens (including phenoxy) is 3. The number of halogens is 2. The maximum Gasteiger partial charge on any atom is 0.387 e. The highest BCUT2D eigenvalue weighted by Crippen LogP contribution is 2.41. The van der Waals surface area contributed by atoms with Crippen molar-refractivity contribution < 1.29 is 27.8 Å². The number of alkyl halides is 2. The third-order valence-corrected chi connectivity index (χ3v) is 5.96. The molecule has 1 aliphatic heterocycles. The molecule has 1 atom stereocenters. The number of benzene rings is 1. The number of carbonyl (C=O) groups is 1. The molecule has 5 rings (SSSR count). The summed E-state index contributed by atoms with van der Waals surface area (Å²) in [6, 6.07) is 6.92. The van der Waals surface area contributed by atoms with Crippen LogP contribution in [0.15, 0.2) is 30.6 Å². The summed E-state index contributed by atoms with van der Waals surface area (Å²) in [7, 11) is 1.39. The zero-order valence-corrected chi connectivity index (χ0v) is 18.1. The van der Waals surface area contributed by atoms with E-state index in [2.05, 4.69) is 19.6 Å². The van der Waals surface area contributed by atoms with Crippen LogP contribution in [0.25, 0.3) is 22.3 Å². The number of imidazole rings is 1. The number of aromatic nitrogens is 3. The van der Waals surface area contributed by atoms with Crippen molar-refractivity contribution in [3.63, 3.8) is 0 Å². The second-order valence-corrected chi connectivity index (χ2v) is 8.32. The Kier molecular flexibility index (Phi) is 5.74. The van der Waals surface area contributed by atoms with E-state index in [1.165, 1.54) is 13.2 Å². The van der Waals surface area contributed by atoms with Gasteiger partial charge < -0.3 is 24.1 Å². The SMILES string of the molecule is COc1cc(-c2cc3ncn(C4CC4)c3c(OCC[C@H]3CNC(=O)C3)n2)ccc1OC(F)F. The van der Waals surface area contributed by atoms with Crippen LogP contribution in [-0.2, 0) is 4.79 Å². The normalized spacial score (nSPS) is 18.1. The van der Waals surface area contributed by atoms with E-state index in [0.29, 0.717) is 42.8 Å². The topological polar surface area (TPSA) is 87.5 Å². The molecule has 174 valence electrons. The molecule has 2 aliphatic rings. The standard InChI is InChI=1S/C23H24F2N4O4/c1-31-19-9-14(2-5-18(19)33-23(24)25)16-10-17-21(29(12-27-17)15-3-4-15)22(28-16)32-7-6-13-8-20(30)26-11-13/h2,5,9-10,12-13,15,23H,3-4,6-8,11H2,1H3,(H,26,30)/t13-/m1/s1. The minimum Gasteiger partial charge on any atom is -0.493 e. The second-order valence-electron chi connectivity index (χ2n) is 8.32. The molecular formula is C23H24F2N4O4. The number of nitrogens with one attached hydrogen (secondary N) is 1. The van der Waals surface area contributed by atoms with E-state index in [1.807, 2.05) is 6.07 Å². The molecular weight excluding hydrogens is 434 g/mol. The van der Waals surface area contributed by atoms with Crippen molar-refractivity contribution in [3.8, 4) is 28.6 Å². The molecule has 1 N–H and O–H groups in total. The molecule has 1 aromatic carbocycles. The van der Waals surface area contributed by atoms with Gasteiger partial charge in [-0.1, -0.05) is 0 Å². The number of amides is 1. The summed E-state index contributed by atoms with van der Waals surface area (Å²) in [6.45, 7) is -1.86. The van der Waals surface area contributed by atoms with E-state index in [4.69, 9.17) is 14.5 Å². The average molecular weight is 458 g/mol. The van der Waals surface area contributed by atoms with Gasteiger partial charge >= 0.3 is 6.61 Å². The lowest BCUT2D eigenvalue weighted by atomic mass is 10.1. The van der Waals surface area contributed by atoms with Gasteiger partial charge in [-0.3, -0.25) is 4.79 Å². The largest absolute Gasteiger partial charge is 0.493 e. The number of methoxy groups -OCH3 is 1. The molecule has 0 bridgehead atoms. The first kappa shape index (κ1) is 21.4. The van der Waals surface area contributed by atoms with Crippen molar-refractivity contribution >= 4 is 16.9 Å². The Bertz CT molecular complexity index is 1180. The van der Waals surface area contributed by atoms with Crippen molar-refractivity contribution in [2.45, 2.75) is 38.3 Å². The number of nitrogens with zero attached hydrogens (tertiary/aromatic N) is 3. The van der Waals surface area contributed by atoms with Crippen molar-refractivity contribution in [2.75, 3.05) is 20.3 Å². The molecule has 0 radical (unpaired) electrons. The van der Waals surface area contributed by atoms with Crippen LogP contribution in [-0.4, -0.2) is 47.3 Å². The zero-order valence-electron chi connectivity index (χ0n) is 18.1. The first-order valence-corrected chi connectivity index (χ1v) is 10.9. The van der Waals surface area contributed by atoms with Gasteiger partial charge in [-0.05, 0) is 49.4 Å². The molecule has 2 aromatic heterocycles. The van der Waals surface area contributed by atoms with Crippen LogP contribution in [0.3, 0.4) is 0 Å². The van der Waals surface area contributed by atoms with Crippen molar-refractivity contribution in [2.24, 2.45) is 5.92 Å². The highest BCUT2D eigenvalue weighted by molar-refractivity contribution is 5.85. The minimum atomic E-state index is -2.95.